The second-order valence-corrected chi connectivity index (χ2v) is 11.8. The SMILES string of the molecule is CCCc1cc(-c2ccccc2F)c(OCCCOC)cc1C(=O)N(C)[C@@H](CNC(=O)OC(C)(C)C)Cc1ccc(O)cc1. The first kappa shape index (κ1) is 34.4. The van der Waals surface area contributed by atoms with Crippen molar-refractivity contribution < 1.29 is 33.3 Å². The van der Waals surface area contributed by atoms with Gasteiger partial charge in [-0.05, 0) is 75.1 Å². The van der Waals surface area contributed by atoms with E-state index in [2.05, 4.69) is 5.32 Å². The zero-order valence-corrected chi connectivity index (χ0v) is 26.6. The van der Waals surface area contributed by atoms with Gasteiger partial charge in [0.2, 0.25) is 0 Å². The van der Waals surface area contributed by atoms with Crippen molar-refractivity contribution in [1.82, 2.24) is 10.2 Å². The van der Waals surface area contributed by atoms with Crippen molar-refractivity contribution in [2.24, 2.45) is 0 Å². The fourth-order valence-electron chi connectivity index (χ4n) is 4.82. The molecule has 9 heteroatoms. The molecule has 0 radical (unpaired) electrons. The summed E-state index contributed by atoms with van der Waals surface area (Å²) in [7, 11) is 3.31. The number of ether oxygens (including phenoxy) is 3. The first-order valence-corrected chi connectivity index (χ1v) is 15.0. The number of amides is 2. The van der Waals surface area contributed by atoms with Crippen LogP contribution in [0.2, 0.25) is 0 Å². The molecule has 2 amide bonds. The number of nitrogens with one attached hydrogen (secondary N) is 1. The Labute approximate surface area is 260 Å². The third kappa shape index (κ3) is 9.98. The minimum Gasteiger partial charge on any atom is -0.508 e. The average molecular weight is 609 g/mol. The number of likely N-dealkylation sites (N-methyl/N-ethyl adjacent to an activating group) is 1. The van der Waals surface area contributed by atoms with E-state index >= 15 is 0 Å². The largest absolute Gasteiger partial charge is 0.508 e. The molecule has 0 spiro atoms. The highest BCUT2D eigenvalue weighted by molar-refractivity contribution is 5.97. The molecule has 44 heavy (non-hydrogen) atoms. The number of carbonyl (C=O) groups is 2. The number of carbonyl (C=O) groups excluding carboxylic acids is 2. The van der Waals surface area contributed by atoms with Crippen LogP contribution in [0, 0.1) is 5.82 Å². The molecule has 0 aromatic heterocycles. The van der Waals surface area contributed by atoms with Crippen molar-refractivity contribution >= 4 is 12.0 Å². The highest BCUT2D eigenvalue weighted by Crippen LogP contribution is 2.36. The molecular weight excluding hydrogens is 563 g/mol. The van der Waals surface area contributed by atoms with Crippen molar-refractivity contribution in [2.45, 2.75) is 65.0 Å². The topological polar surface area (TPSA) is 97.3 Å². The molecule has 0 saturated heterocycles. The van der Waals surface area contributed by atoms with Gasteiger partial charge in [-0.1, -0.05) is 43.7 Å². The maximum Gasteiger partial charge on any atom is 0.407 e. The van der Waals surface area contributed by atoms with Crippen LogP contribution in [0.1, 0.15) is 62.0 Å². The molecule has 2 N–H and O–H groups in total. The van der Waals surface area contributed by atoms with Crippen LogP contribution < -0.4 is 10.1 Å². The molecule has 0 aliphatic rings. The standard InChI is InChI=1S/C35H45FN2O6/c1-7-11-25-21-30(28-12-8-9-13-31(28)36)32(43-19-10-18-42-6)22-29(25)33(40)38(5)26(20-24-14-16-27(39)17-15-24)23-37-34(41)44-35(2,3)4/h8-9,12-17,21-22,26,39H,7,10-11,18-20,23H2,1-6H3,(H,37,41)/t26-/m1/s1. The quantitative estimate of drug-likeness (QED) is 0.196. The Morgan fingerprint density at radius 2 is 1.73 bits per heavy atom. The second kappa shape index (κ2) is 16.1. The highest BCUT2D eigenvalue weighted by atomic mass is 19.1. The Kier molecular flexibility index (Phi) is 12.6. The summed E-state index contributed by atoms with van der Waals surface area (Å²) in [5, 5.41) is 12.6. The van der Waals surface area contributed by atoms with Gasteiger partial charge in [0.1, 0.15) is 22.9 Å². The molecule has 0 fully saturated rings. The highest BCUT2D eigenvalue weighted by Gasteiger charge is 2.27. The molecule has 0 saturated carbocycles. The zero-order valence-electron chi connectivity index (χ0n) is 26.6. The van der Waals surface area contributed by atoms with E-state index in [-0.39, 0.29) is 24.0 Å². The number of aromatic hydroxyl groups is 1. The molecule has 3 aromatic carbocycles. The van der Waals surface area contributed by atoms with E-state index in [0.29, 0.717) is 54.9 Å². The summed E-state index contributed by atoms with van der Waals surface area (Å²) in [6.45, 7) is 8.33. The number of halogens is 1. The lowest BCUT2D eigenvalue weighted by molar-refractivity contribution is 0.0497. The van der Waals surface area contributed by atoms with Gasteiger partial charge in [0, 0.05) is 50.4 Å². The smallest absolute Gasteiger partial charge is 0.407 e. The summed E-state index contributed by atoms with van der Waals surface area (Å²) in [4.78, 5) is 28.4. The number of alkyl carbamates (subject to hydrolysis) is 1. The van der Waals surface area contributed by atoms with Crippen molar-refractivity contribution in [3.63, 3.8) is 0 Å². The van der Waals surface area contributed by atoms with Gasteiger partial charge >= 0.3 is 6.09 Å². The second-order valence-electron chi connectivity index (χ2n) is 11.8. The first-order chi connectivity index (χ1) is 20.9. The van der Waals surface area contributed by atoms with E-state index in [1.54, 1.807) is 88.4 Å². The van der Waals surface area contributed by atoms with Crippen LogP contribution in [0.4, 0.5) is 9.18 Å². The van der Waals surface area contributed by atoms with Crippen molar-refractivity contribution in [1.29, 1.82) is 0 Å². The molecule has 0 unspecified atom stereocenters. The first-order valence-electron chi connectivity index (χ1n) is 15.0. The van der Waals surface area contributed by atoms with E-state index in [9.17, 15) is 19.1 Å². The summed E-state index contributed by atoms with van der Waals surface area (Å²) in [5.74, 6) is -0.0938. The Morgan fingerprint density at radius 1 is 1.02 bits per heavy atom. The maximum atomic E-state index is 15.0. The van der Waals surface area contributed by atoms with Crippen LogP contribution in [-0.4, -0.2) is 67.6 Å². The fraction of sp³-hybridized carbons (Fsp3) is 0.429. The predicted octanol–water partition coefficient (Wildman–Crippen LogP) is 6.77. The number of phenols is 1. The monoisotopic (exact) mass is 608 g/mol. The Hall–Kier alpha value is -4.11. The lowest BCUT2D eigenvalue weighted by Crippen LogP contribution is -2.47. The summed E-state index contributed by atoms with van der Waals surface area (Å²) >= 11 is 0. The zero-order chi connectivity index (χ0) is 32.3. The van der Waals surface area contributed by atoms with Gasteiger partial charge in [-0.3, -0.25) is 4.79 Å². The predicted molar refractivity (Wildman–Crippen MR) is 170 cm³/mol. The molecule has 0 heterocycles. The molecule has 0 aliphatic heterocycles. The number of aryl methyl sites for hydroxylation is 1. The van der Waals surface area contributed by atoms with E-state index in [4.69, 9.17) is 14.2 Å². The molecule has 0 bridgehead atoms. The molecule has 3 aromatic rings. The number of nitrogens with zero attached hydrogens (tertiary/aromatic N) is 1. The fourth-order valence-corrected chi connectivity index (χ4v) is 4.82. The summed E-state index contributed by atoms with van der Waals surface area (Å²) in [5.41, 5.74) is 2.40. The molecule has 238 valence electrons. The number of rotatable bonds is 14. The summed E-state index contributed by atoms with van der Waals surface area (Å²) < 4.78 is 31.7. The average Bonchev–Trinajstić information content (AvgIpc) is 2.97. The van der Waals surface area contributed by atoms with Crippen molar-refractivity contribution in [2.75, 3.05) is 33.9 Å². The van der Waals surface area contributed by atoms with Gasteiger partial charge in [0.05, 0.1) is 12.6 Å². The van der Waals surface area contributed by atoms with Gasteiger partial charge in [-0.25, -0.2) is 9.18 Å². The third-order valence-electron chi connectivity index (χ3n) is 7.03. The lowest BCUT2D eigenvalue weighted by atomic mass is 9.94. The van der Waals surface area contributed by atoms with E-state index < -0.39 is 17.7 Å². The third-order valence-corrected chi connectivity index (χ3v) is 7.03. The van der Waals surface area contributed by atoms with Crippen molar-refractivity contribution in [3.8, 4) is 22.6 Å². The van der Waals surface area contributed by atoms with E-state index in [1.165, 1.54) is 6.07 Å². The number of benzene rings is 3. The van der Waals surface area contributed by atoms with Crippen LogP contribution in [0.25, 0.3) is 11.1 Å². The van der Waals surface area contributed by atoms with Crippen molar-refractivity contribution in [3.05, 3.63) is 83.2 Å². The van der Waals surface area contributed by atoms with Crippen LogP contribution in [-0.2, 0) is 22.3 Å². The molecule has 0 aliphatic carbocycles. The number of hydrogen-bond donors (Lipinski definition) is 2. The van der Waals surface area contributed by atoms with E-state index in [0.717, 1.165) is 17.5 Å². The van der Waals surface area contributed by atoms with Crippen LogP contribution in [0.5, 0.6) is 11.5 Å². The van der Waals surface area contributed by atoms with Gasteiger partial charge in [0.25, 0.3) is 5.91 Å². The van der Waals surface area contributed by atoms with Gasteiger partial charge in [0.15, 0.2) is 0 Å². The number of hydrogen-bond acceptors (Lipinski definition) is 6. The number of phenolic OH excluding ortho intramolecular Hbond substituents is 1. The maximum absolute atomic E-state index is 15.0. The minimum atomic E-state index is -0.674. The summed E-state index contributed by atoms with van der Waals surface area (Å²) in [6.07, 6.45) is 1.82. The Morgan fingerprint density at radius 3 is 2.36 bits per heavy atom. The molecule has 3 rings (SSSR count). The molecule has 1 atom stereocenters. The van der Waals surface area contributed by atoms with Crippen LogP contribution >= 0.6 is 0 Å². The van der Waals surface area contributed by atoms with Gasteiger partial charge in [-0.15, -0.1) is 0 Å². The normalized spacial score (nSPS) is 12.0. The van der Waals surface area contributed by atoms with E-state index in [1.807, 2.05) is 13.0 Å². The Bertz CT molecular complexity index is 1390. The van der Waals surface area contributed by atoms with Gasteiger partial charge in [-0.2, -0.15) is 0 Å². The van der Waals surface area contributed by atoms with Gasteiger partial charge < -0.3 is 29.5 Å². The molecule has 8 nitrogen and oxygen atoms in total. The summed E-state index contributed by atoms with van der Waals surface area (Å²) in [6, 6.07) is 16.4. The minimum absolute atomic E-state index is 0.134. The van der Waals surface area contributed by atoms with Crippen LogP contribution in [0.3, 0.4) is 0 Å². The molecular formula is C35H45FN2O6. The number of methoxy groups -OCH3 is 1. The lowest BCUT2D eigenvalue weighted by Gasteiger charge is -2.30. The van der Waals surface area contributed by atoms with Crippen LogP contribution in [0.15, 0.2) is 60.7 Å². The Balaban J connectivity index is 2.01.